The Hall–Kier alpha value is -1.56. The zero-order chi connectivity index (χ0) is 15.9. The van der Waals surface area contributed by atoms with Gasteiger partial charge in [-0.3, -0.25) is 0 Å². The van der Waals surface area contributed by atoms with E-state index in [1.54, 1.807) is 4.90 Å². The number of ether oxygens (including phenoxy) is 2. The summed E-state index contributed by atoms with van der Waals surface area (Å²) < 4.78 is 9.98. The summed E-state index contributed by atoms with van der Waals surface area (Å²) in [5.74, 6) is -0.420. The molecule has 0 bridgehead atoms. The van der Waals surface area contributed by atoms with E-state index in [4.69, 9.17) is 9.47 Å². The van der Waals surface area contributed by atoms with Crippen molar-refractivity contribution in [2.45, 2.75) is 32.7 Å². The van der Waals surface area contributed by atoms with Crippen molar-refractivity contribution in [3.8, 4) is 0 Å². The first-order chi connectivity index (χ1) is 9.89. The molecule has 0 aromatic heterocycles. The Morgan fingerprint density at radius 1 is 1.43 bits per heavy atom. The summed E-state index contributed by atoms with van der Waals surface area (Å²) in [7, 11) is 1.33. The minimum absolute atomic E-state index is 0.0873. The highest BCUT2D eigenvalue weighted by molar-refractivity contribution is 5.83. The maximum atomic E-state index is 12.2. The molecule has 0 radical (unpaired) electrons. The van der Waals surface area contributed by atoms with Crippen molar-refractivity contribution >= 4 is 12.0 Å². The Labute approximate surface area is 126 Å². The Kier molecular flexibility index (Phi) is 6.68. The summed E-state index contributed by atoms with van der Waals surface area (Å²) in [6.07, 6.45) is 3.10. The van der Waals surface area contributed by atoms with Crippen molar-refractivity contribution in [1.82, 2.24) is 10.2 Å². The Bertz CT molecular complexity index is 376. The summed E-state index contributed by atoms with van der Waals surface area (Å²) in [5.41, 5.74) is -0.0873. The third kappa shape index (κ3) is 5.75. The molecule has 0 unspecified atom stereocenters. The van der Waals surface area contributed by atoms with E-state index in [1.165, 1.54) is 7.11 Å². The van der Waals surface area contributed by atoms with Crippen molar-refractivity contribution in [1.29, 1.82) is 0 Å². The van der Waals surface area contributed by atoms with Gasteiger partial charge in [0.25, 0.3) is 0 Å². The van der Waals surface area contributed by atoms with Crippen molar-refractivity contribution in [2.75, 3.05) is 33.4 Å². The lowest BCUT2D eigenvalue weighted by Crippen LogP contribution is -2.51. The van der Waals surface area contributed by atoms with Gasteiger partial charge in [0, 0.05) is 13.1 Å². The molecule has 1 aliphatic rings. The zero-order valence-electron chi connectivity index (χ0n) is 13.2. The molecule has 6 nitrogen and oxygen atoms in total. The van der Waals surface area contributed by atoms with Crippen LogP contribution >= 0.6 is 0 Å². The molecule has 21 heavy (non-hydrogen) atoms. The molecular weight excluding hydrogens is 272 g/mol. The molecule has 0 saturated carbocycles. The van der Waals surface area contributed by atoms with Crippen molar-refractivity contribution < 1.29 is 19.1 Å². The van der Waals surface area contributed by atoms with Crippen LogP contribution in [0.3, 0.4) is 0 Å². The summed E-state index contributed by atoms with van der Waals surface area (Å²) in [6, 6.07) is -0.880. The van der Waals surface area contributed by atoms with Crippen LogP contribution in [0.2, 0.25) is 0 Å². The first-order valence-corrected chi connectivity index (χ1v) is 7.24. The first-order valence-electron chi connectivity index (χ1n) is 7.24. The largest absolute Gasteiger partial charge is 0.467 e. The van der Waals surface area contributed by atoms with E-state index in [0.717, 1.165) is 6.42 Å². The number of esters is 1. The fraction of sp³-hybridized carbons (Fsp3) is 0.733. The molecule has 1 heterocycles. The van der Waals surface area contributed by atoms with Gasteiger partial charge < -0.3 is 19.7 Å². The molecule has 1 atom stereocenters. The van der Waals surface area contributed by atoms with Gasteiger partial charge in [-0.15, -0.1) is 6.58 Å². The number of urea groups is 1. The van der Waals surface area contributed by atoms with Crippen LogP contribution in [-0.4, -0.2) is 56.4 Å². The van der Waals surface area contributed by atoms with E-state index in [1.807, 2.05) is 19.9 Å². The lowest BCUT2D eigenvalue weighted by atomic mass is 9.86. The number of carbonyl (C=O) groups excluding carboxylic acids is 2. The molecule has 0 spiro atoms. The van der Waals surface area contributed by atoms with Gasteiger partial charge in [0.05, 0.1) is 20.3 Å². The van der Waals surface area contributed by atoms with Gasteiger partial charge in [0.15, 0.2) is 0 Å². The predicted octanol–water partition coefficient (Wildman–Crippen LogP) is 1.56. The number of carbonyl (C=O) groups is 2. The molecule has 1 N–H and O–H groups in total. The summed E-state index contributed by atoms with van der Waals surface area (Å²) in [5, 5.41) is 2.76. The molecule has 0 aromatic carbocycles. The standard InChI is InChI=1S/C15H26N2O4/c1-5-15(2,3)7-6-12(13(18)20-4)16-14(19)17-8-10-21-11-9-17/h5,12H,1,6-11H2,2-4H3,(H,16,19)/t12-/m0/s1. The fourth-order valence-corrected chi connectivity index (χ4v) is 2.02. The number of allylic oxidation sites excluding steroid dienone is 1. The molecule has 2 amide bonds. The highest BCUT2D eigenvalue weighted by Crippen LogP contribution is 2.24. The highest BCUT2D eigenvalue weighted by atomic mass is 16.5. The number of nitrogens with one attached hydrogen (secondary N) is 1. The molecule has 0 aliphatic carbocycles. The molecule has 1 fully saturated rings. The molecule has 120 valence electrons. The SMILES string of the molecule is C=CC(C)(C)CC[C@H](NC(=O)N1CCOCC1)C(=O)OC. The predicted molar refractivity (Wildman–Crippen MR) is 79.9 cm³/mol. The van der Waals surface area contributed by atoms with Gasteiger partial charge in [0.1, 0.15) is 6.04 Å². The monoisotopic (exact) mass is 298 g/mol. The van der Waals surface area contributed by atoms with Gasteiger partial charge in [-0.05, 0) is 18.3 Å². The van der Waals surface area contributed by atoms with E-state index in [2.05, 4.69) is 11.9 Å². The van der Waals surface area contributed by atoms with Crippen LogP contribution in [-0.2, 0) is 14.3 Å². The maximum absolute atomic E-state index is 12.2. The van der Waals surface area contributed by atoms with E-state index in [-0.39, 0.29) is 11.4 Å². The molecule has 1 rings (SSSR count). The summed E-state index contributed by atoms with van der Waals surface area (Å²) in [4.78, 5) is 25.6. The first kappa shape index (κ1) is 17.5. The normalized spacial score (nSPS) is 17.0. The molecule has 1 aliphatic heterocycles. The minimum Gasteiger partial charge on any atom is -0.467 e. The molecule has 1 saturated heterocycles. The number of amides is 2. The lowest BCUT2D eigenvalue weighted by Gasteiger charge is -2.29. The Balaban J connectivity index is 2.58. The van der Waals surface area contributed by atoms with Crippen LogP contribution in [0.25, 0.3) is 0 Å². The number of hydrogen-bond acceptors (Lipinski definition) is 4. The second-order valence-electron chi connectivity index (χ2n) is 5.86. The maximum Gasteiger partial charge on any atom is 0.328 e. The highest BCUT2D eigenvalue weighted by Gasteiger charge is 2.27. The summed E-state index contributed by atoms with van der Waals surface area (Å²) >= 11 is 0. The van der Waals surface area contributed by atoms with Gasteiger partial charge in [-0.25, -0.2) is 9.59 Å². The topological polar surface area (TPSA) is 67.9 Å². The van der Waals surface area contributed by atoms with Crippen LogP contribution in [0, 0.1) is 5.41 Å². The smallest absolute Gasteiger partial charge is 0.328 e. The average molecular weight is 298 g/mol. The number of rotatable bonds is 6. The van der Waals surface area contributed by atoms with Crippen LogP contribution in [0.5, 0.6) is 0 Å². The van der Waals surface area contributed by atoms with Gasteiger partial charge in [-0.2, -0.15) is 0 Å². The van der Waals surface area contributed by atoms with Crippen LogP contribution in [0.15, 0.2) is 12.7 Å². The van der Waals surface area contributed by atoms with Crippen LogP contribution in [0.1, 0.15) is 26.7 Å². The zero-order valence-corrected chi connectivity index (χ0v) is 13.2. The fourth-order valence-electron chi connectivity index (χ4n) is 2.02. The van der Waals surface area contributed by atoms with Crippen LogP contribution in [0.4, 0.5) is 4.79 Å². The summed E-state index contributed by atoms with van der Waals surface area (Å²) in [6.45, 7) is 10.00. The molecular formula is C15H26N2O4. The number of methoxy groups -OCH3 is 1. The Morgan fingerprint density at radius 3 is 2.57 bits per heavy atom. The molecule has 6 heteroatoms. The van der Waals surface area contributed by atoms with Gasteiger partial charge >= 0.3 is 12.0 Å². The minimum atomic E-state index is -0.635. The third-order valence-electron chi connectivity index (χ3n) is 3.71. The van der Waals surface area contributed by atoms with Crippen LogP contribution < -0.4 is 5.32 Å². The lowest BCUT2D eigenvalue weighted by molar-refractivity contribution is -0.143. The number of hydrogen-bond donors (Lipinski definition) is 1. The third-order valence-corrected chi connectivity index (χ3v) is 3.71. The van der Waals surface area contributed by atoms with Crippen molar-refractivity contribution in [3.05, 3.63) is 12.7 Å². The van der Waals surface area contributed by atoms with E-state index < -0.39 is 12.0 Å². The number of nitrogens with zero attached hydrogens (tertiary/aromatic N) is 1. The number of morpholine rings is 1. The average Bonchev–Trinajstić information content (AvgIpc) is 2.51. The van der Waals surface area contributed by atoms with E-state index >= 15 is 0 Å². The van der Waals surface area contributed by atoms with Crippen molar-refractivity contribution in [3.63, 3.8) is 0 Å². The second kappa shape index (κ2) is 8.02. The van der Waals surface area contributed by atoms with E-state index in [9.17, 15) is 9.59 Å². The van der Waals surface area contributed by atoms with Gasteiger partial charge in [-0.1, -0.05) is 19.9 Å². The second-order valence-corrected chi connectivity index (χ2v) is 5.86. The van der Waals surface area contributed by atoms with Crippen molar-refractivity contribution in [2.24, 2.45) is 5.41 Å². The molecule has 0 aromatic rings. The van der Waals surface area contributed by atoms with Gasteiger partial charge in [0.2, 0.25) is 0 Å². The Morgan fingerprint density at radius 2 is 2.05 bits per heavy atom. The quantitative estimate of drug-likeness (QED) is 0.597. The van der Waals surface area contributed by atoms with E-state index in [0.29, 0.717) is 32.7 Å².